The number of piperazine rings is 1. The van der Waals surface area contributed by atoms with Gasteiger partial charge in [-0.05, 0) is 13.8 Å². The molecule has 0 amide bonds. The Kier molecular flexibility index (Phi) is 2.78. The Morgan fingerprint density at radius 2 is 2.29 bits per heavy atom. The quantitative estimate of drug-likeness (QED) is 0.601. The number of hydrogen-bond acceptors (Lipinski definition) is 5. The summed E-state index contributed by atoms with van der Waals surface area (Å²) in [5, 5.41) is 18.5. The normalized spacial score (nSPS) is 19.4. The lowest BCUT2D eigenvalue weighted by atomic mass is 10.0. The van der Waals surface area contributed by atoms with E-state index < -0.39 is 0 Å². The highest BCUT2D eigenvalue weighted by atomic mass is 16.6. The Bertz CT molecular complexity index is 440. The highest BCUT2D eigenvalue weighted by Crippen LogP contribution is 2.27. The van der Waals surface area contributed by atoms with E-state index in [1.807, 2.05) is 4.90 Å². The van der Waals surface area contributed by atoms with Crippen LogP contribution in [0.15, 0.2) is 6.20 Å². The largest absolute Gasteiger partial charge is 0.346 e. The van der Waals surface area contributed by atoms with Crippen molar-refractivity contribution in [3.8, 4) is 0 Å². The number of anilines is 1. The molecule has 0 radical (unpaired) electrons. The minimum Gasteiger partial charge on any atom is -0.346 e. The molecular formula is C10H17N5O2. The molecule has 1 fully saturated rings. The molecule has 1 aromatic rings. The molecule has 0 spiro atoms. The fraction of sp³-hybridized carbons (Fsp3) is 0.700. The summed E-state index contributed by atoms with van der Waals surface area (Å²) in [4.78, 5) is 12.5. The number of rotatable bonds is 2. The lowest BCUT2D eigenvalue weighted by Gasteiger charge is -2.38. The topological polar surface area (TPSA) is 76.2 Å². The molecule has 17 heavy (non-hydrogen) atoms. The van der Waals surface area contributed by atoms with Crippen molar-refractivity contribution >= 4 is 11.5 Å². The monoisotopic (exact) mass is 239 g/mol. The maximum absolute atomic E-state index is 10.9. The van der Waals surface area contributed by atoms with E-state index in [4.69, 9.17) is 0 Å². The van der Waals surface area contributed by atoms with Gasteiger partial charge in [0.1, 0.15) is 6.20 Å². The number of hydrogen-bond donors (Lipinski definition) is 1. The average Bonchev–Trinajstić information content (AvgIpc) is 2.59. The SMILES string of the molecule is Cn1cc([N+](=O)[O-])c(N2CCNC(C)(C)C2)n1. The highest BCUT2D eigenvalue weighted by Gasteiger charge is 2.31. The van der Waals surface area contributed by atoms with Gasteiger partial charge in [0, 0.05) is 32.2 Å². The van der Waals surface area contributed by atoms with Crippen LogP contribution in [0.25, 0.3) is 0 Å². The Morgan fingerprint density at radius 3 is 2.88 bits per heavy atom. The zero-order valence-corrected chi connectivity index (χ0v) is 10.3. The summed E-state index contributed by atoms with van der Waals surface area (Å²) >= 11 is 0. The molecule has 0 aliphatic carbocycles. The van der Waals surface area contributed by atoms with Gasteiger partial charge in [-0.15, -0.1) is 5.10 Å². The van der Waals surface area contributed by atoms with Gasteiger partial charge in [0.05, 0.1) is 4.92 Å². The number of nitro groups is 1. The van der Waals surface area contributed by atoms with E-state index in [9.17, 15) is 10.1 Å². The minimum absolute atomic E-state index is 0.0519. The van der Waals surface area contributed by atoms with Crippen LogP contribution in [-0.2, 0) is 7.05 Å². The van der Waals surface area contributed by atoms with Gasteiger partial charge in [0.15, 0.2) is 0 Å². The minimum atomic E-state index is -0.378. The molecule has 2 rings (SSSR count). The van der Waals surface area contributed by atoms with E-state index >= 15 is 0 Å². The molecule has 0 bridgehead atoms. The summed E-state index contributed by atoms with van der Waals surface area (Å²) in [7, 11) is 1.70. The summed E-state index contributed by atoms with van der Waals surface area (Å²) in [6.45, 7) is 6.41. The van der Waals surface area contributed by atoms with Crippen molar-refractivity contribution in [2.45, 2.75) is 19.4 Å². The van der Waals surface area contributed by atoms with Crippen molar-refractivity contribution in [1.29, 1.82) is 0 Å². The van der Waals surface area contributed by atoms with Crippen LogP contribution in [-0.4, -0.2) is 39.9 Å². The molecule has 7 heteroatoms. The van der Waals surface area contributed by atoms with Crippen molar-refractivity contribution in [3.05, 3.63) is 16.3 Å². The standard InChI is InChI=1S/C10H17N5O2/c1-10(2)7-14(5-4-11-10)9-8(15(16)17)6-13(3)12-9/h6,11H,4-5,7H2,1-3H3. The van der Waals surface area contributed by atoms with E-state index in [2.05, 4.69) is 24.3 Å². The average molecular weight is 239 g/mol. The fourth-order valence-electron chi connectivity index (χ4n) is 2.14. The summed E-state index contributed by atoms with van der Waals surface area (Å²) < 4.78 is 1.49. The van der Waals surface area contributed by atoms with Gasteiger partial charge in [-0.3, -0.25) is 14.8 Å². The molecule has 1 saturated heterocycles. The first-order chi connectivity index (χ1) is 7.89. The van der Waals surface area contributed by atoms with Crippen LogP contribution < -0.4 is 10.2 Å². The second-order valence-electron chi connectivity index (χ2n) is 5.00. The van der Waals surface area contributed by atoms with Crippen LogP contribution in [0.3, 0.4) is 0 Å². The van der Waals surface area contributed by atoms with Crippen molar-refractivity contribution in [3.63, 3.8) is 0 Å². The van der Waals surface area contributed by atoms with E-state index in [-0.39, 0.29) is 16.1 Å². The molecule has 0 aromatic carbocycles. The van der Waals surface area contributed by atoms with Crippen molar-refractivity contribution < 1.29 is 4.92 Å². The summed E-state index contributed by atoms with van der Waals surface area (Å²) in [5.74, 6) is 0.465. The van der Waals surface area contributed by atoms with Crippen molar-refractivity contribution in [2.75, 3.05) is 24.5 Å². The first-order valence-corrected chi connectivity index (χ1v) is 5.57. The van der Waals surface area contributed by atoms with E-state index in [1.165, 1.54) is 10.9 Å². The van der Waals surface area contributed by atoms with E-state index in [0.717, 1.165) is 13.1 Å². The molecule has 1 aliphatic heterocycles. The van der Waals surface area contributed by atoms with Crippen LogP contribution in [0, 0.1) is 10.1 Å². The van der Waals surface area contributed by atoms with Crippen LogP contribution in [0.5, 0.6) is 0 Å². The summed E-state index contributed by atoms with van der Waals surface area (Å²) in [6.07, 6.45) is 1.45. The Morgan fingerprint density at radius 1 is 1.59 bits per heavy atom. The molecule has 0 unspecified atom stereocenters. The van der Waals surface area contributed by atoms with Crippen LogP contribution in [0.1, 0.15) is 13.8 Å². The molecule has 94 valence electrons. The highest BCUT2D eigenvalue weighted by molar-refractivity contribution is 5.57. The lowest BCUT2D eigenvalue weighted by Crippen LogP contribution is -2.57. The molecule has 1 aromatic heterocycles. The number of aromatic nitrogens is 2. The second kappa shape index (κ2) is 3.99. The Balaban J connectivity index is 2.30. The molecule has 0 atom stereocenters. The molecule has 0 saturated carbocycles. The second-order valence-corrected chi connectivity index (χ2v) is 5.00. The first kappa shape index (κ1) is 11.8. The maximum Gasteiger partial charge on any atom is 0.330 e. The van der Waals surface area contributed by atoms with Crippen molar-refractivity contribution in [1.82, 2.24) is 15.1 Å². The fourth-order valence-corrected chi connectivity index (χ4v) is 2.14. The molecule has 7 nitrogen and oxygen atoms in total. The van der Waals surface area contributed by atoms with Gasteiger partial charge < -0.3 is 10.2 Å². The van der Waals surface area contributed by atoms with Crippen LogP contribution in [0.2, 0.25) is 0 Å². The smallest absolute Gasteiger partial charge is 0.330 e. The number of nitrogens with zero attached hydrogens (tertiary/aromatic N) is 4. The predicted molar refractivity (Wildman–Crippen MR) is 64.2 cm³/mol. The Hall–Kier alpha value is -1.63. The summed E-state index contributed by atoms with van der Waals surface area (Å²) in [5.41, 5.74) is 0.0223. The molecular weight excluding hydrogens is 222 g/mol. The van der Waals surface area contributed by atoms with Gasteiger partial charge in [0.2, 0.25) is 5.82 Å². The molecule has 1 N–H and O–H groups in total. The number of aryl methyl sites for hydroxylation is 1. The first-order valence-electron chi connectivity index (χ1n) is 5.57. The zero-order chi connectivity index (χ0) is 12.6. The van der Waals surface area contributed by atoms with Crippen molar-refractivity contribution in [2.24, 2.45) is 7.05 Å². The van der Waals surface area contributed by atoms with Gasteiger partial charge in [-0.1, -0.05) is 0 Å². The van der Waals surface area contributed by atoms with Gasteiger partial charge in [-0.25, -0.2) is 0 Å². The molecule has 2 heterocycles. The summed E-state index contributed by atoms with van der Waals surface area (Å²) in [6, 6.07) is 0. The lowest BCUT2D eigenvalue weighted by molar-refractivity contribution is -0.384. The third-order valence-electron chi connectivity index (χ3n) is 2.86. The van der Waals surface area contributed by atoms with Gasteiger partial charge in [0.25, 0.3) is 0 Å². The van der Waals surface area contributed by atoms with E-state index in [0.29, 0.717) is 12.4 Å². The molecule has 1 aliphatic rings. The van der Waals surface area contributed by atoms with Crippen LogP contribution >= 0.6 is 0 Å². The van der Waals surface area contributed by atoms with Gasteiger partial charge in [-0.2, -0.15) is 0 Å². The third kappa shape index (κ3) is 2.38. The Labute approximate surface area is 99.6 Å². The maximum atomic E-state index is 10.9. The van der Waals surface area contributed by atoms with E-state index in [1.54, 1.807) is 7.05 Å². The third-order valence-corrected chi connectivity index (χ3v) is 2.86. The van der Waals surface area contributed by atoms with Gasteiger partial charge >= 0.3 is 5.69 Å². The zero-order valence-electron chi connectivity index (χ0n) is 10.3. The predicted octanol–water partition coefficient (Wildman–Crippen LogP) is 0.516. The number of nitrogens with one attached hydrogen (secondary N) is 1. The van der Waals surface area contributed by atoms with Crippen LogP contribution in [0.4, 0.5) is 11.5 Å².